The molecule has 2 rings (SSSR count). The molecular formula is C15H21N3. The minimum atomic E-state index is 0.522. The molecule has 1 fully saturated rings. The molecule has 18 heavy (non-hydrogen) atoms. The zero-order chi connectivity index (χ0) is 13.0. The number of rotatable bonds is 3. The number of aromatic nitrogens is 1. The molecule has 0 aliphatic heterocycles. The molecule has 0 aromatic carbocycles. The van der Waals surface area contributed by atoms with Crippen molar-refractivity contribution in [2.75, 3.05) is 5.32 Å². The molecule has 0 spiro atoms. The van der Waals surface area contributed by atoms with Gasteiger partial charge in [-0.3, -0.25) is 0 Å². The topological polar surface area (TPSA) is 48.7 Å². The maximum atomic E-state index is 8.95. The van der Waals surface area contributed by atoms with Gasteiger partial charge in [0.05, 0.1) is 11.6 Å². The standard InChI is InChI=1S/C15H21N3/c1-3-12-4-6-14(7-5-12)18-15-9-13(10-16)8-11(2)17-15/h8-9,12,14H,3-7H2,1-2H3,(H,17,18). The SMILES string of the molecule is CCC1CCC(Nc2cc(C#N)cc(C)n2)CC1. The highest BCUT2D eigenvalue weighted by atomic mass is 15.0. The van der Waals surface area contributed by atoms with Gasteiger partial charge in [0.15, 0.2) is 0 Å². The molecule has 0 radical (unpaired) electrons. The highest BCUT2D eigenvalue weighted by Gasteiger charge is 2.20. The van der Waals surface area contributed by atoms with Gasteiger partial charge in [0.25, 0.3) is 0 Å². The van der Waals surface area contributed by atoms with E-state index in [1.165, 1.54) is 32.1 Å². The van der Waals surface area contributed by atoms with Gasteiger partial charge in [0.1, 0.15) is 5.82 Å². The molecule has 0 bridgehead atoms. The van der Waals surface area contributed by atoms with Gasteiger partial charge in [-0.1, -0.05) is 13.3 Å². The van der Waals surface area contributed by atoms with Gasteiger partial charge < -0.3 is 5.32 Å². The first-order chi connectivity index (χ1) is 8.71. The van der Waals surface area contributed by atoms with Crippen LogP contribution in [-0.2, 0) is 0 Å². The van der Waals surface area contributed by atoms with Crippen molar-refractivity contribution in [3.8, 4) is 6.07 Å². The Morgan fingerprint density at radius 1 is 1.33 bits per heavy atom. The summed E-state index contributed by atoms with van der Waals surface area (Å²) >= 11 is 0. The average molecular weight is 243 g/mol. The molecule has 1 heterocycles. The molecule has 0 amide bonds. The van der Waals surface area contributed by atoms with Crippen LogP contribution in [0.4, 0.5) is 5.82 Å². The smallest absolute Gasteiger partial charge is 0.127 e. The van der Waals surface area contributed by atoms with Crippen LogP contribution in [0.5, 0.6) is 0 Å². The monoisotopic (exact) mass is 243 g/mol. The first-order valence-corrected chi connectivity index (χ1v) is 6.86. The number of nitrogens with zero attached hydrogens (tertiary/aromatic N) is 2. The van der Waals surface area contributed by atoms with Gasteiger partial charge in [-0.05, 0) is 50.7 Å². The van der Waals surface area contributed by atoms with E-state index in [1.54, 1.807) is 0 Å². The summed E-state index contributed by atoms with van der Waals surface area (Å²) in [6, 6.07) is 6.37. The van der Waals surface area contributed by atoms with Crippen LogP contribution in [0, 0.1) is 24.2 Å². The van der Waals surface area contributed by atoms with Crippen LogP contribution in [0.15, 0.2) is 12.1 Å². The minimum Gasteiger partial charge on any atom is -0.367 e. The van der Waals surface area contributed by atoms with Gasteiger partial charge in [0, 0.05) is 11.7 Å². The summed E-state index contributed by atoms with van der Waals surface area (Å²) in [5, 5.41) is 12.4. The molecule has 0 saturated heterocycles. The molecule has 1 aromatic heterocycles. The Labute approximate surface area is 109 Å². The Balaban J connectivity index is 1.98. The number of anilines is 1. The number of aryl methyl sites for hydroxylation is 1. The van der Waals surface area contributed by atoms with Crippen LogP contribution in [0.1, 0.15) is 50.3 Å². The van der Waals surface area contributed by atoms with Crippen molar-refractivity contribution in [1.29, 1.82) is 5.26 Å². The van der Waals surface area contributed by atoms with E-state index in [4.69, 9.17) is 5.26 Å². The summed E-state index contributed by atoms with van der Waals surface area (Å²) in [5.41, 5.74) is 1.59. The normalized spacial score (nSPS) is 23.4. The Bertz CT molecular complexity index is 440. The molecule has 1 N–H and O–H groups in total. The van der Waals surface area contributed by atoms with Crippen molar-refractivity contribution < 1.29 is 0 Å². The summed E-state index contributed by atoms with van der Waals surface area (Å²) in [6.45, 7) is 4.21. The van der Waals surface area contributed by atoms with Gasteiger partial charge in [0.2, 0.25) is 0 Å². The molecule has 3 heteroatoms. The number of nitrogens with one attached hydrogen (secondary N) is 1. The van der Waals surface area contributed by atoms with Gasteiger partial charge >= 0.3 is 0 Å². The lowest BCUT2D eigenvalue weighted by molar-refractivity contribution is 0.330. The lowest BCUT2D eigenvalue weighted by Crippen LogP contribution is -2.26. The van der Waals surface area contributed by atoms with E-state index in [9.17, 15) is 0 Å². The predicted molar refractivity (Wildman–Crippen MR) is 73.3 cm³/mol. The van der Waals surface area contributed by atoms with Crippen LogP contribution < -0.4 is 5.32 Å². The number of pyridine rings is 1. The van der Waals surface area contributed by atoms with E-state index in [0.29, 0.717) is 11.6 Å². The lowest BCUT2D eigenvalue weighted by Gasteiger charge is -2.28. The summed E-state index contributed by atoms with van der Waals surface area (Å²) in [7, 11) is 0. The van der Waals surface area contributed by atoms with E-state index in [0.717, 1.165) is 17.4 Å². The average Bonchev–Trinajstić information content (AvgIpc) is 2.39. The molecule has 1 aromatic rings. The van der Waals surface area contributed by atoms with Crippen molar-refractivity contribution in [3.05, 3.63) is 23.4 Å². The van der Waals surface area contributed by atoms with Crippen molar-refractivity contribution in [2.45, 2.75) is 52.0 Å². The molecule has 3 nitrogen and oxygen atoms in total. The first kappa shape index (κ1) is 12.9. The Kier molecular flexibility index (Phi) is 4.19. The Hall–Kier alpha value is -1.56. The van der Waals surface area contributed by atoms with Crippen molar-refractivity contribution >= 4 is 5.82 Å². The zero-order valence-corrected chi connectivity index (χ0v) is 11.2. The first-order valence-electron chi connectivity index (χ1n) is 6.86. The molecule has 1 aliphatic rings. The van der Waals surface area contributed by atoms with Crippen molar-refractivity contribution in [3.63, 3.8) is 0 Å². The fourth-order valence-corrected chi connectivity index (χ4v) is 2.73. The summed E-state index contributed by atoms with van der Waals surface area (Å²) in [5.74, 6) is 1.76. The third-order valence-electron chi connectivity index (χ3n) is 3.86. The number of nitriles is 1. The zero-order valence-electron chi connectivity index (χ0n) is 11.2. The highest BCUT2D eigenvalue weighted by Crippen LogP contribution is 2.28. The van der Waals surface area contributed by atoms with Crippen molar-refractivity contribution in [2.24, 2.45) is 5.92 Å². The van der Waals surface area contributed by atoms with Crippen LogP contribution >= 0.6 is 0 Å². The third-order valence-corrected chi connectivity index (χ3v) is 3.86. The fourth-order valence-electron chi connectivity index (χ4n) is 2.73. The molecule has 1 saturated carbocycles. The molecule has 1 aliphatic carbocycles. The van der Waals surface area contributed by atoms with Crippen LogP contribution in [0.3, 0.4) is 0 Å². The quantitative estimate of drug-likeness (QED) is 0.881. The summed E-state index contributed by atoms with van der Waals surface area (Å²) in [6.07, 6.45) is 6.36. The minimum absolute atomic E-state index is 0.522. The second-order valence-corrected chi connectivity index (χ2v) is 5.26. The van der Waals surface area contributed by atoms with Crippen LogP contribution in [0.2, 0.25) is 0 Å². The number of hydrogen-bond donors (Lipinski definition) is 1. The largest absolute Gasteiger partial charge is 0.367 e. The van der Waals surface area contributed by atoms with E-state index < -0.39 is 0 Å². The molecule has 96 valence electrons. The van der Waals surface area contributed by atoms with Gasteiger partial charge in [-0.2, -0.15) is 5.26 Å². The van der Waals surface area contributed by atoms with E-state index in [1.807, 2.05) is 19.1 Å². The van der Waals surface area contributed by atoms with E-state index >= 15 is 0 Å². The van der Waals surface area contributed by atoms with Crippen LogP contribution in [0.25, 0.3) is 0 Å². The van der Waals surface area contributed by atoms with Crippen molar-refractivity contribution in [1.82, 2.24) is 4.98 Å². The molecular weight excluding hydrogens is 222 g/mol. The number of hydrogen-bond acceptors (Lipinski definition) is 3. The second kappa shape index (κ2) is 5.86. The molecule has 0 unspecified atom stereocenters. The van der Waals surface area contributed by atoms with Gasteiger partial charge in [-0.25, -0.2) is 4.98 Å². The van der Waals surface area contributed by atoms with Crippen LogP contribution in [-0.4, -0.2) is 11.0 Å². The van der Waals surface area contributed by atoms with Gasteiger partial charge in [-0.15, -0.1) is 0 Å². The Morgan fingerprint density at radius 2 is 2.06 bits per heavy atom. The molecule has 0 atom stereocenters. The maximum Gasteiger partial charge on any atom is 0.127 e. The second-order valence-electron chi connectivity index (χ2n) is 5.26. The lowest BCUT2D eigenvalue weighted by atomic mass is 9.84. The summed E-state index contributed by atoms with van der Waals surface area (Å²) < 4.78 is 0. The third kappa shape index (κ3) is 3.22. The Morgan fingerprint density at radius 3 is 2.67 bits per heavy atom. The van der Waals surface area contributed by atoms with E-state index in [2.05, 4.69) is 23.3 Å². The maximum absolute atomic E-state index is 8.95. The highest BCUT2D eigenvalue weighted by molar-refractivity contribution is 5.45. The van der Waals surface area contributed by atoms with E-state index in [-0.39, 0.29) is 0 Å². The predicted octanol–water partition coefficient (Wildman–Crippen LogP) is 3.64. The summed E-state index contributed by atoms with van der Waals surface area (Å²) in [4.78, 5) is 4.45. The fraction of sp³-hybridized carbons (Fsp3) is 0.600.